The maximum absolute atomic E-state index is 13.3. The summed E-state index contributed by atoms with van der Waals surface area (Å²) in [5.41, 5.74) is 2.17. The van der Waals surface area contributed by atoms with E-state index in [0.717, 1.165) is 21.9 Å². The lowest BCUT2D eigenvalue weighted by Crippen LogP contribution is -2.26. The van der Waals surface area contributed by atoms with E-state index in [2.05, 4.69) is 33.5 Å². The number of nitrogens with zero attached hydrogens (tertiary/aromatic N) is 3. The first-order valence-corrected chi connectivity index (χ1v) is 11.6. The van der Waals surface area contributed by atoms with Crippen LogP contribution in [0.1, 0.15) is 43.0 Å². The summed E-state index contributed by atoms with van der Waals surface area (Å²) in [6.07, 6.45) is -1.39. The first-order chi connectivity index (χ1) is 15.8. The average molecular weight is 467 g/mol. The van der Waals surface area contributed by atoms with E-state index in [9.17, 15) is 13.6 Å². The normalized spacial score (nSPS) is 11.5. The number of hydrogen-bond acceptors (Lipinski definition) is 5. The van der Waals surface area contributed by atoms with Gasteiger partial charge in [-0.2, -0.15) is 4.98 Å². The summed E-state index contributed by atoms with van der Waals surface area (Å²) in [5, 5.41) is 3.59. The van der Waals surface area contributed by atoms with Crippen LogP contribution in [-0.4, -0.2) is 14.5 Å². The number of alkyl halides is 2. The Labute approximate surface area is 194 Å². The number of nitrogens with one attached hydrogen (secondary N) is 1. The minimum atomic E-state index is -2.86. The molecule has 0 aliphatic rings. The van der Waals surface area contributed by atoms with Gasteiger partial charge in [0.05, 0.1) is 5.56 Å². The molecular formula is C25H24F2N4OS. The van der Waals surface area contributed by atoms with Crippen molar-refractivity contribution in [1.29, 1.82) is 0 Å². The molecule has 0 fully saturated rings. The van der Waals surface area contributed by atoms with Crippen molar-refractivity contribution in [1.82, 2.24) is 14.5 Å². The lowest BCUT2D eigenvalue weighted by atomic mass is 10.2. The fraction of sp³-hybridized carbons (Fsp3) is 0.240. The standard InChI is InChI=1S/C25H24F2N4OS/c1-15(2)31-23-18(12-20(22(26)27)24(31)32)13-28-25(30-23)29-21-10-9-19(11-16(21)3)33-14-17-7-5-4-6-8-17/h4-13,15,22H,14H2,1-3H3,(H,28,29,30). The van der Waals surface area contributed by atoms with E-state index in [-0.39, 0.29) is 6.04 Å². The van der Waals surface area contributed by atoms with E-state index < -0.39 is 17.5 Å². The van der Waals surface area contributed by atoms with Crippen LogP contribution in [0.25, 0.3) is 11.0 Å². The SMILES string of the molecule is Cc1cc(SCc2ccccc2)ccc1Nc1ncc2cc(C(F)F)c(=O)n(C(C)C)c2n1. The summed E-state index contributed by atoms with van der Waals surface area (Å²) in [7, 11) is 0. The highest BCUT2D eigenvalue weighted by Gasteiger charge is 2.19. The summed E-state index contributed by atoms with van der Waals surface area (Å²) in [4.78, 5) is 22.5. The number of fused-ring (bicyclic) bond motifs is 1. The van der Waals surface area contributed by atoms with Crippen LogP contribution in [0.15, 0.2) is 70.5 Å². The van der Waals surface area contributed by atoms with Crippen LogP contribution in [0.2, 0.25) is 0 Å². The fourth-order valence-electron chi connectivity index (χ4n) is 3.56. The molecule has 0 unspecified atom stereocenters. The predicted molar refractivity (Wildman–Crippen MR) is 130 cm³/mol. The third kappa shape index (κ3) is 5.06. The van der Waals surface area contributed by atoms with Crippen molar-refractivity contribution in [3.05, 3.63) is 87.8 Å². The molecule has 170 valence electrons. The highest BCUT2D eigenvalue weighted by molar-refractivity contribution is 7.98. The van der Waals surface area contributed by atoms with Crippen LogP contribution in [0.3, 0.4) is 0 Å². The van der Waals surface area contributed by atoms with Gasteiger partial charge in [0, 0.05) is 34.0 Å². The molecule has 33 heavy (non-hydrogen) atoms. The summed E-state index contributed by atoms with van der Waals surface area (Å²) < 4.78 is 27.9. The van der Waals surface area contributed by atoms with Gasteiger partial charge in [-0.15, -0.1) is 11.8 Å². The van der Waals surface area contributed by atoms with Crippen molar-refractivity contribution in [2.75, 3.05) is 5.32 Å². The molecule has 2 aromatic carbocycles. The Kier molecular flexibility index (Phi) is 6.74. The fourth-order valence-corrected chi connectivity index (χ4v) is 4.51. The van der Waals surface area contributed by atoms with Gasteiger partial charge < -0.3 is 5.32 Å². The topological polar surface area (TPSA) is 59.8 Å². The van der Waals surface area contributed by atoms with Crippen LogP contribution in [0, 0.1) is 6.92 Å². The van der Waals surface area contributed by atoms with Gasteiger partial charge >= 0.3 is 0 Å². The van der Waals surface area contributed by atoms with Crippen LogP contribution < -0.4 is 10.9 Å². The molecule has 2 heterocycles. The van der Waals surface area contributed by atoms with E-state index in [1.165, 1.54) is 22.4 Å². The second kappa shape index (κ2) is 9.70. The van der Waals surface area contributed by atoms with E-state index in [1.54, 1.807) is 25.6 Å². The molecule has 0 saturated carbocycles. The zero-order valence-electron chi connectivity index (χ0n) is 18.5. The van der Waals surface area contributed by atoms with Gasteiger partial charge in [-0.05, 0) is 56.2 Å². The molecule has 5 nitrogen and oxygen atoms in total. The predicted octanol–water partition coefficient (Wildman–Crippen LogP) is 6.65. The van der Waals surface area contributed by atoms with Crippen molar-refractivity contribution in [2.24, 2.45) is 0 Å². The Balaban J connectivity index is 1.60. The third-order valence-electron chi connectivity index (χ3n) is 5.25. The zero-order chi connectivity index (χ0) is 23.5. The number of benzene rings is 2. The summed E-state index contributed by atoms with van der Waals surface area (Å²) in [6.45, 7) is 5.53. The molecule has 2 aromatic heterocycles. The number of aryl methyl sites for hydroxylation is 1. The molecule has 0 radical (unpaired) electrons. The second-order valence-corrected chi connectivity index (χ2v) is 9.07. The van der Waals surface area contributed by atoms with Crippen LogP contribution in [0.4, 0.5) is 20.4 Å². The minimum absolute atomic E-state index is 0.300. The van der Waals surface area contributed by atoms with Crippen LogP contribution in [-0.2, 0) is 5.75 Å². The molecule has 0 aliphatic carbocycles. The van der Waals surface area contributed by atoms with Crippen molar-refractivity contribution in [2.45, 2.75) is 43.9 Å². The van der Waals surface area contributed by atoms with E-state index in [1.807, 2.05) is 37.3 Å². The van der Waals surface area contributed by atoms with Gasteiger partial charge in [-0.25, -0.2) is 13.8 Å². The Hall–Kier alpha value is -3.26. The maximum Gasteiger partial charge on any atom is 0.269 e. The van der Waals surface area contributed by atoms with E-state index >= 15 is 0 Å². The van der Waals surface area contributed by atoms with Gasteiger partial charge in [-0.1, -0.05) is 30.3 Å². The number of rotatable bonds is 7. The van der Waals surface area contributed by atoms with Crippen molar-refractivity contribution >= 4 is 34.4 Å². The molecule has 0 atom stereocenters. The van der Waals surface area contributed by atoms with Crippen molar-refractivity contribution in [3.63, 3.8) is 0 Å². The summed E-state index contributed by atoms with van der Waals surface area (Å²) in [6, 6.07) is 17.2. The Morgan fingerprint density at radius 3 is 2.52 bits per heavy atom. The first kappa shape index (κ1) is 22.9. The highest BCUT2D eigenvalue weighted by atomic mass is 32.2. The maximum atomic E-state index is 13.3. The van der Waals surface area contributed by atoms with Gasteiger partial charge in [0.2, 0.25) is 5.95 Å². The number of hydrogen-bond donors (Lipinski definition) is 1. The first-order valence-electron chi connectivity index (χ1n) is 10.6. The van der Waals surface area contributed by atoms with Gasteiger partial charge in [0.1, 0.15) is 5.65 Å². The molecule has 0 saturated heterocycles. The minimum Gasteiger partial charge on any atom is -0.324 e. The second-order valence-electron chi connectivity index (χ2n) is 8.02. The molecule has 4 rings (SSSR count). The Morgan fingerprint density at radius 1 is 1.09 bits per heavy atom. The van der Waals surface area contributed by atoms with Gasteiger partial charge in [0.15, 0.2) is 0 Å². The Bertz CT molecular complexity index is 1340. The largest absolute Gasteiger partial charge is 0.324 e. The summed E-state index contributed by atoms with van der Waals surface area (Å²) >= 11 is 1.76. The number of thioether (sulfide) groups is 1. The molecule has 0 aliphatic heterocycles. The molecule has 0 spiro atoms. The number of anilines is 2. The van der Waals surface area contributed by atoms with E-state index in [4.69, 9.17) is 0 Å². The quantitative estimate of drug-likeness (QED) is 0.309. The monoisotopic (exact) mass is 466 g/mol. The lowest BCUT2D eigenvalue weighted by molar-refractivity contribution is 0.149. The highest BCUT2D eigenvalue weighted by Crippen LogP contribution is 2.28. The molecule has 4 aromatic rings. The Morgan fingerprint density at radius 2 is 1.85 bits per heavy atom. The van der Waals surface area contributed by atoms with Crippen LogP contribution in [0.5, 0.6) is 0 Å². The summed E-state index contributed by atoms with van der Waals surface area (Å²) in [5.74, 6) is 1.18. The molecule has 0 bridgehead atoms. The van der Waals surface area contributed by atoms with Crippen LogP contribution >= 0.6 is 11.8 Å². The zero-order valence-corrected chi connectivity index (χ0v) is 19.4. The van der Waals surface area contributed by atoms with Gasteiger partial charge in [0.25, 0.3) is 12.0 Å². The molecule has 0 amide bonds. The lowest BCUT2D eigenvalue weighted by Gasteiger charge is -2.16. The van der Waals surface area contributed by atoms with E-state index in [0.29, 0.717) is 17.0 Å². The molecular weight excluding hydrogens is 442 g/mol. The number of aromatic nitrogens is 3. The van der Waals surface area contributed by atoms with Crippen molar-refractivity contribution in [3.8, 4) is 0 Å². The number of pyridine rings is 1. The molecule has 8 heteroatoms. The smallest absolute Gasteiger partial charge is 0.269 e. The van der Waals surface area contributed by atoms with Crippen molar-refractivity contribution < 1.29 is 8.78 Å². The third-order valence-corrected chi connectivity index (χ3v) is 6.31. The molecule has 1 N–H and O–H groups in total. The van der Waals surface area contributed by atoms with Gasteiger partial charge in [-0.3, -0.25) is 9.36 Å². The average Bonchev–Trinajstić information content (AvgIpc) is 2.79. The number of halogens is 2.